The average Bonchev–Trinajstić information content (AvgIpc) is 2.71. The van der Waals surface area contributed by atoms with Crippen LogP contribution >= 0.6 is 0 Å². The maximum atomic E-state index is 13.3. The molecule has 1 N–H and O–H groups in total. The third-order valence-electron chi connectivity index (χ3n) is 2.15. The molecule has 17 heavy (non-hydrogen) atoms. The van der Waals surface area contributed by atoms with Crippen LogP contribution in [0.3, 0.4) is 0 Å². The minimum Gasteiger partial charge on any atom is -0.342 e. The normalized spacial score (nSPS) is 10.9. The lowest BCUT2D eigenvalue weighted by Crippen LogP contribution is -2.04. The van der Waals surface area contributed by atoms with Crippen LogP contribution in [0.4, 0.5) is 22.0 Å². The maximum absolute atomic E-state index is 13.3. The molecule has 0 unspecified atom stereocenters. The Morgan fingerprint density at radius 2 is 1.35 bits per heavy atom. The summed E-state index contributed by atoms with van der Waals surface area (Å²) in [5.74, 6) is -10.4. The van der Waals surface area contributed by atoms with Crippen LogP contribution in [0.1, 0.15) is 5.69 Å². The Hall–Kier alpha value is -1.92. The second-order valence-electron chi connectivity index (χ2n) is 3.36. The van der Waals surface area contributed by atoms with Crippen molar-refractivity contribution in [3.63, 3.8) is 0 Å². The van der Waals surface area contributed by atoms with Crippen LogP contribution in [-0.4, -0.2) is 9.97 Å². The molecule has 0 saturated carbocycles. The summed E-state index contributed by atoms with van der Waals surface area (Å²) in [5, 5.41) is 0. The summed E-state index contributed by atoms with van der Waals surface area (Å²) in [6, 6.07) is 0. The highest BCUT2D eigenvalue weighted by atomic mass is 19.2. The monoisotopic (exact) mass is 248 g/mol. The van der Waals surface area contributed by atoms with Gasteiger partial charge in [-0.3, -0.25) is 0 Å². The van der Waals surface area contributed by atoms with Gasteiger partial charge in [0.2, 0.25) is 5.82 Å². The number of nitrogens with zero attached hydrogens (tertiary/aromatic N) is 1. The van der Waals surface area contributed by atoms with E-state index >= 15 is 0 Å². The SMILES string of the molecule is Cc1cnc(-c2c(F)c(F)c(F)c(F)c2F)[nH]1. The van der Waals surface area contributed by atoms with Gasteiger partial charge in [0.05, 0.1) is 5.56 Å². The Bertz CT molecular complexity index is 562. The highest BCUT2D eigenvalue weighted by Gasteiger charge is 2.27. The third kappa shape index (κ3) is 1.67. The number of aromatic nitrogens is 2. The van der Waals surface area contributed by atoms with Gasteiger partial charge in [0.15, 0.2) is 23.3 Å². The summed E-state index contributed by atoms with van der Waals surface area (Å²) in [7, 11) is 0. The molecule has 0 radical (unpaired) electrons. The Labute approximate surface area is 92.1 Å². The van der Waals surface area contributed by atoms with Crippen LogP contribution in [0.15, 0.2) is 6.20 Å². The summed E-state index contributed by atoms with van der Waals surface area (Å²) in [5.41, 5.74) is -0.626. The van der Waals surface area contributed by atoms with E-state index in [9.17, 15) is 22.0 Å². The number of rotatable bonds is 1. The molecule has 0 amide bonds. The van der Waals surface area contributed by atoms with Crippen molar-refractivity contribution in [1.82, 2.24) is 9.97 Å². The van der Waals surface area contributed by atoms with Crippen LogP contribution in [-0.2, 0) is 0 Å². The summed E-state index contributed by atoms with van der Waals surface area (Å²) in [4.78, 5) is 5.93. The molecule has 90 valence electrons. The highest BCUT2D eigenvalue weighted by molar-refractivity contribution is 5.57. The van der Waals surface area contributed by atoms with E-state index in [1.165, 1.54) is 13.1 Å². The van der Waals surface area contributed by atoms with Crippen molar-refractivity contribution in [3.05, 3.63) is 41.0 Å². The van der Waals surface area contributed by atoms with Gasteiger partial charge in [-0.05, 0) is 6.92 Å². The van der Waals surface area contributed by atoms with Crippen molar-refractivity contribution in [2.24, 2.45) is 0 Å². The van der Waals surface area contributed by atoms with Crippen molar-refractivity contribution >= 4 is 0 Å². The number of benzene rings is 1. The summed E-state index contributed by atoms with van der Waals surface area (Å²) >= 11 is 0. The predicted molar refractivity (Wildman–Crippen MR) is 48.6 cm³/mol. The zero-order chi connectivity index (χ0) is 12.7. The summed E-state index contributed by atoms with van der Waals surface area (Å²) < 4.78 is 65.2. The first-order chi connectivity index (χ1) is 7.93. The van der Waals surface area contributed by atoms with E-state index in [1.807, 2.05) is 0 Å². The van der Waals surface area contributed by atoms with Crippen molar-refractivity contribution < 1.29 is 22.0 Å². The number of halogens is 5. The number of aromatic amines is 1. The standard InChI is InChI=1S/C10H5F5N2/c1-3-2-16-10(17-3)4-5(11)7(13)9(15)8(14)6(4)12/h2H,1H3,(H,16,17). The largest absolute Gasteiger partial charge is 0.342 e. The fourth-order valence-electron chi connectivity index (χ4n) is 1.35. The van der Waals surface area contributed by atoms with Gasteiger partial charge in [0, 0.05) is 11.9 Å². The topological polar surface area (TPSA) is 28.7 Å². The lowest BCUT2D eigenvalue weighted by atomic mass is 10.1. The molecule has 0 saturated heterocycles. The molecule has 0 aliphatic rings. The molecule has 2 nitrogen and oxygen atoms in total. The van der Waals surface area contributed by atoms with Crippen LogP contribution in [0.25, 0.3) is 11.4 Å². The van der Waals surface area contributed by atoms with Gasteiger partial charge in [0.1, 0.15) is 5.82 Å². The summed E-state index contributed by atoms with van der Waals surface area (Å²) in [6.07, 6.45) is 1.22. The number of imidazole rings is 1. The van der Waals surface area contributed by atoms with E-state index in [1.54, 1.807) is 0 Å². The number of nitrogens with one attached hydrogen (secondary N) is 1. The Morgan fingerprint density at radius 1 is 0.882 bits per heavy atom. The molecule has 1 aromatic carbocycles. The van der Waals surface area contributed by atoms with Gasteiger partial charge in [-0.15, -0.1) is 0 Å². The smallest absolute Gasteiger partial charge is 0.200 e. The highest BCUT2D eigenvalue weighted by Crippen LogP contribution is 2.29. The van der Waals surface area contributed by atoms with Crippen molar-refractivity contribution in [1.29, 1.82) is 0 Å². The molecule has 0 fully saturated rings. The zero-order valence-electron chi connectivity index (χ0n) is 8.41. The first-order valence-corrected chi connectivity index (χ1v) is 4.47. The molecule has 1 heterocycles. The van der Waals surface area contributed by atoms with Gasteiger partial charge in [-0.25, -0.2) is 26.9 Å². The molecule has 0 atom stereocenters. The number of hydrogen-bond donors (Lipinski definition) is 1. The average molecular weight is 248 g/mol. The molecule has 0 bridgehead atoms. The molecular formula is C10H5F5N2. The third-order valence-corrected chi connectivity index (χ3v) is 2.15. The zero-order valence-corrected chi connectivity index (χ0v) is 8.41. The van der Waals surface area contributed by atoms with E-state index in [-0.39, 0.29) is 0 Å². The molecule has 0 aliphatic carbocycles. The Morgan fingerprint density at radius 3 is 1.76 bits per heavy atom. The molecule has 0 spiro atoms. The van der Waals surface area contributed by atoms with Gasteiger partial charge in [-0.1, -0.05) is 0 Å². The van der Waals surface area contributed by atoms with Gasteiger partial charge >= 0.3 is 0 Å². The van der Waals surface area contributed by atoms with Gasteiger partial charge in [-0.2, -0.15) is 0 Å². The van der Waals surface area contributed by atoms with Gasteiger partial charge < -0.3 is 4.98 Å². The second-order valence-corrected chi connectivity index (χ2v) is 3.36. The van der Waals surface area contributed by atoms with E-state index in [4.69, 9.17) is 0 Å². The predicted octanol–water partition coefficient (Wildman–Crippen LogP) is 3.08. The van der Waals surface area contributed by atoms with E-state index in [0.29, 0.717) is 5.69 Å². The molecule has 2 aromatic rings. The fourth-order valence-corrected chi connectivity index (χ4v) is 1.35. The van der Waals surface area contributed by atoms with Crippen molar-refractivity contribution in [3.8, 4) is 11.4 Å². The number of H-pyrrole nitrogens is 1. The molecule has 1 aromatic heterocycles. The minimum absolute atomic E-state index is 0.407. The fraction of sp³-hybridized carbons (Fsp3) is 0.100. The summed E-state index contributed by atoms with van der Waals surface area (Å²) in [6.45, 7) is 1.53. The van der Waals surface area contributed by atoms with Gasteiger partial charge in [0.25, 0.3) is 0 Å². The number of hydrogen-bond acceptors (Lipinski definition) is 1. The first-order valence-electron chi connectivity index (χ1n) is 4.47. The van der Waals surface area contributed by atoms with Crippen LogP contribution in [0.5, 0.6) is 0 Å². The van der Waals surface area contributed by atoms with E-state index in [2.05, 4.69) is 9.97 Å². The van der Waals surface area contributed by atoms with Crippen LogP contribution in [0.2, 0.25) is 0 Å². The Kier molecular flexibility index (Phi) is 2.60. The van der Waals surface area contributed by atoms with Crippen LogP contribution < -0.4 is 0 Å². The second kappa shape index (κ2) is 3.83. The quantitative estimate of drug-likeness (QED) is 0.469. The van der Waals surface area contributed by atoms with E-state index < -0.39 is 40.5 Å². The van der Waals surface area contributed by atoms with Crippen LogP contribution in [0, 0.1) is 36.0 Å². The minimum atomic E-state index is -2.19. The molecule has 7 heteroatoms. The lowest BCUT2D eigenvalue weighted by Gasteiger charge is -2.05. The molecular weight excluding hydrogens is 243 g/mol. The van der Waals surface area contributed by atoms with Crippen molar-refractivity contribution in [2.45, 2.75) is 6.92 Å². The van der Waals surface area contributed by atoms with E-state index in [0.717, 1.165) is 0 Å². The number of aryl methyl sites for hydroxylation is 1. The van der Waals surface area contributed by atoms with Crippen molar-refractivity contribution in [2.75, 3.05) is 0 Å². The Balaban J connectivity index is 2.78. The maximum Gasteiger partial charge on any atom is 0.200 e. The molecule has 2 rings (SSSR count). The molecule has 0 aliphatic heterocycles. The first kappa shape index (κ1) is 11.6. The lowest BCUT2D eigenvalue weighted by molar-refractivity contribution is 0.381.